The van der Waals surface area contributed by atoms with Crippen molar-refractivity contribution in [3.8, 4) is 0 Å². The number of nitrogens with zero attached hydrogens (tertiary/aromatic N) is 2. The van der Waals surface area contributed by atoms with Gasteiger partial charge in [0.25, 0.3) is 0 Å². The number of benzene rings is 1. The van der Waals surface area contributed by atoms with Gasteiger partial charge in [0, 0.05) is 43.1 Å². The van der Waals surface area contributed by atoms with Crippen LogP contribution in [0.2, 0.25) is 13.1 Å². The molecule has 0 N–H and O–H groups in total. The van der Waals surface area contributed by atoms with Crippen LogP contribution >= 0.6 is 8.03 Å². The van der Waals surface area contributed by atoms with Crippen LogP contribution in [0.4, 0.5) is 5.69 Å². The Morgan fingerprint density at radius 2 is 1.85 bits per heavy atom. The molecule has 1 atom stereocenters. The lowest BCUT2D eigenvalue weighted by atomic mass is 10.0. The summed E-state index contributed by atoms with van der Waals surface area (Å²) in [7, 11) is 5.89. The number of hydrogen-bond acceptors (Lipinski definition) is 3. The Kier molecular flexibility index (Phi) is 4.91. The first-order valence-corrected chi connectivity index (χ1v) is 12.9. The van der Waals surface area contributed by atoms with E-state index in [0.717, 1.165) is 16.5 Å². The van der Waals surface area contributed by atoms with Gasteiger partial charge in [-0.2, -0.15) is 0 Å². The van der Waals surface area contributed by atoms with Gasteiger partial charge in [-0.3, -0.25) is 0 Å². The fourth-order valence-corrected chi connectivity index (χ4v) is 7.89. The minimum absolute atomic E-state index is 0.829. The highest BCUT2D eigenvalue weighted by molar-refractivity contribution is 7.52. The fraction of sp³-hybridized carbons (Fsp3) is 0.350. The average molecular weight is 387 g/mol. The maximum Gasteiger partial charge on any atom is 0.549 e. The van der Waals surface area contributed by atoms with Crippen molar-refractivity contribution in [2.45, 2.75) is 13.1 Å². The highest BCUT2D eigenvalue weighted by Crippen LogP contribution is 2.49. The maximum atomic E-state index is 12.8. The molecule has 1 aliphatic carbocycles. The molecule has 26 heavy (non-hydrogen) atoms. The van der Waals surface area contributed by atoms with E-state index in [1.807, 2.05) is 0 Å². The molecule has 1 unspecified atom stereocenters. The fourth-order valence-electron chi connectivity index (χ4n) is 3.65. The molecule has 0 amide bonds. The zero-order valence-corrected chi connectivity index (χ0v) is 18.5. The number of anilines is 1. The molecule has 0 fully saturated rings. The van der Waals surface area contributed by atoms with Crippen LogP contribution in [0, 0.1) is 0 Å². The van der Waals surface area contributed by atoms with Crippen molar-refractivity contribution in [2.24, 2.45) is 0 Å². The summed E-state index contributed by atoms with van der Waals surface area (Å²) in [6, 6.07) is 6.48. The van der Waals surface area contributed by atoms with Crippen LogP contribution in [0.25, 0.3) is 5.31 Å². The molecule has 0 radical (unpaired) electrons. The standard InChI is InChI=1S/C20H27N2O2PSi/c1-21(2)14-8-10-16-18(12-14)26(6,7)19-13-15(22(3)4)9-11-17(19)20(16)25(23)24-5/h8-13H,1-7H3/q+2. The van der Waals surface area contributed by atoms with Gasteiger partial charge in [0.05, 0.1) is 7.11 Å². The van der Waals surface area contributed by atoms with E-state index in [9.17, 15) is 4.57 Å². The first kappa shape index (κ1) is 19.0. The van der Waals surface area contributed by atoms with E-state index in [0.29, 0.717) is 0 Å². The summed E-state index contributed by atoms with van der Waals surface area (Å²) in [5.41, 5.74) is 4.51. The summed E-state index contributed by atoms with van der Waals surface area (Å²) < 4.78 is 20.2. The molecular formula is C20H27N2O2PSi+2. The molecule has 1 aromatic carbocycles. The van der Waals surface area contributed by atoms with Crippen LogP contribution in [0.1, 0.15) is 5.56 Å². The molecule has 0 saturated heterocycles. The molecule has 2 aliphatic rings. The second kappa shape index (κ2) is 6.73. The smallest absolute Gasteiger partial charge is 0.378 e. The summed E-state index contributed by atoms with van der Waals surface area (Å²) >= 11 is 0. The van der Waals surface area contributed by atoms with Crippen LogP contribution in [0.15, 0.2) is 47.2 Å². The minimum atomic E-state index is -1.94. The lowest BCUT2D eigenvalue weighted by Gasteiger charge is -2.34. The highest BCUT2D eigenvalue weighted by Gasteiger charge is 2.46. The largest absolute Gasteiger partial charge is 0.549 e. The van der Waals surface area contributed by atoms with Crippen LogP contribution in [0.3, 0.4) is 0 Å². The van der Waals surface area contributed by atoms with Crippen molar-refractivity contribution in [2.75, 3.05) is 40.2 Å². The predicted octanol–water partition coefficient (Wildman–Crippen LogP) is 3.53. The van der Waals surface area contributed by atoms with Gasteiger partial charge in [-0.05, 0) is 39.2 Å². The second-order valence-corrected chi connectivity index (χ2v) is 13.3. The average Bonchev–Trinajstić information content (AvgIpc) is 2.61. The number of fused-ring (bicyclic) bond motifs is 2. The topological polar surface area (TPSA) is 32.6 Å². The van der Waals surface area contributed by atoms with Crippen molar-refractivity contribution in [1.29, 1.82) is 0 Å². The molecule has 136 valence electrons. The van der Waals surface area contributed by atoms with Crippen LogP contribution in [-0.4, -0.2) is 53.7 Å². The molecule has 0 aromatic heterocycles. The lowest BCUT2D eigenvalue weighted by Crippen LogP contribution is -2.49. The van der Waals surface area contributed by atoms with Crippen molar-refractivity contribution >= 4 is 38.0 Å². The van der Waals surface area contributed by atoms with E-state index >= 15 is 0 Å². The van der Waals surface area contributed by atoms with E-state index in [2.05, 4.69) is 87.2 Å². The molecule has 0 spiro atoms. The van der Waals surface area contributed by atoms with Gasteiger partial charge in [-0.15, -0.1) is 4.52 Å². The number of hydrogen-bond donors (Lipinski definition) is 0. The first-order chi connectivity index (χ1) is 12.2. The third kappa shape index (κ3) is 2.94. The van der Waals surface area contributed by atoms with Crippen molar-refractivity contribution in [1.82, 2.24) is 0 Å². The molecule has 0 bridgehead atoms. The molecule has 4 nitrogen and oxygen atoms in total. The van der Waals surface area contributed by atoms with E-state index < -0.39 is 16.1 Å². The molecule has 6 heteroatoms. The van der Waals surface area contributed by atoms with E-state index in [1.165, 1.54) is 28.9 Å². The molecule has 1 aliphatic heterocycles. The third-order valence-electron chi connectivity index (χ3n) is 5.24. The van der Waals surface area contributed by atoms with E-state index in [4.69, 9.17) is 4.52 Å². The maximum absolute atomic E-state index is 12.8. The van der Waals surface area contributed by atoms with Gasteiger partial charge < -0.3 is 4.90 Å². The van der Waals surface area contributed by atoms with E-state index in [1.54, 1.807) is 0 Å². The zero-order valence-electron chi connectivity index (χ0n) is 16.6. The van der Waals surface area contributed by atoms with Gasteiger partial charge in [-0.25, -0.2) is 4.58 Å². The minimum Gasteiger partial charge on any atom is -0.378 e. The number of allylic oxidation sites excluding steroid dienone is 5. The Hall–Kier alpha value is -1.81. The Morgan fingerprint density at radius 3 is 2.42 bits per heavy atom. The predicted molar refractivity (Wildman–Crippen MR) is 114 cm³/mol. The number of rotatable bonds is 3. The summed E-state index contributed by atoms with van der Waals surface area (Å²) in [6.07, 6.45) is 6.48. The van der Waals surface area contributed by atoms with Crippen LogP contribution in [-0.2, 0) is 9.09 Å². The Morgan fingerprint density at radius 1 is 1.15 bits per heavy atom. The Balaban J connectivity index is 2.38. The van der Waals surface area contributed by atoms with Gasteiger partial charge in [0.15, 0.2) is 5.71 Å². The molecule has 0 saturated carbocycles. The second-order valence-electron chi connectivity index (χ2n) is 7.66. The SMILES string of the molecule is CO[P+](=O)C1=C2C=CC(=[N+](C)C)C=C2[Si](C)(C)c2cc(N(C)C)ccc21. The molecule has 1 heterocycles. The summed E-state index contributed by atoms with van der Waals surface area (Å²) in [6.45, 7) is 4.75. The van der Waals surface area contributed by atoms with Gasteiger partial charge in [-0.1, -0.05) is 13.1 Å². The quantitative estimate of drug-likeness (QED) is 0.453. The van der Waals surface area contributed by atoms with Crippen LogP contribution in [0.5, 0.6) is 0 Å². The van der Waals surface area contributed by atoms with Crippen molar-refractivity contribution in [3.63, 3.8) is 0 Å². The Labute approximate surface area is 158 Å². The van der Waals surface area contributed by atoms with Crippen molar-refractivity contribution in [3.05, 3.63) is 52.8 Å². The summed E-state index contributed by atoms with van der Waals surface area (Å²) in [5, 5.41) is 3.47. The van der Waals surface area contributed by atoms with Gasteiger partial charge in [0.2, 0.25) is 5.31 Å². The highest BCUT2D eigenvalue weighted by atomic mass is 31.1. The van der Waals surface area contributed by atoms with Gasteiger partial charge in [0.1, 0.15) is 22.2 Å². The molecule has 1 aromatic rings. The third-order valence-corrected chi connectivity index (χ3v) is 9.94. The van der Waals surface area contributed by atoms with Crippen molar-refractivity contribution < 1.29 is 13.7 Å². The monoisotopic (exact) mass is 386 g/mol. The Bertz CT molecular complexity index is 920. The molecular weight excluding hydrogens is 359 g/mol. The van der Waals surface area contributed by atoms with Gasteiger partial charge >= 0.3 is 8.03 Å². The molecule has 3 rings (SSSR count). The normalized spacial score (nSPS) is 18.2. The first-order valence-electron chi connectivity index (χ1n) is 8.71. The summed E-state index contributed by atoms with van der Waals surface area (Å²) in [5.74, 6) is 0. The summed E-state index contributed by atoms with van der Waals surface area (Å²) in [4.78, 5) is 2.12. The lowest BCUT2D eigenvalue weighted by molar-refractivity contribution is -0.462. The van der Waals surface area contributed by atoms with Crippen LogP contribution < -0.4 is 10.1 Å². The van der Waals surface area contributed by atoms with E-state index in [-0.39, 0.29) is 0 Å². The zero-order chi connectivity index (χ0) is 19.2.